The highest BCUT2D eigenvalue weighted by Gasteiger charge is 2.16. The quantitative estimate of drug-likeness (QED) is 0.766. The van der Waals surface area contributed by atoms with Gasteiger partial charge in [0.25, 0.3) is 0 Å². The van der Waals surface area contributed by atoms with Gasteiger partial charge in [0.2, 0.25) is 5.91 Å². The summed E-state index contributed by atoms with van der Waals surface area (Å²) in [5.41, 5.74) is 6.92. The van der Waals surface area contributed by atoms with Gasteiger partial charge in [-0.05, 0) is 37.3 Å². The Bertz CT molecular complexity index is 392. The maximum atomic E-state index is 12.0. The summed E-state index contributed by atoms with van der Waals surface area (Å²) >= 11 is 0. The third kappa shape index (κ3) is 6.66. The summed E-state index contributed by atoms with van der Waals surface area (Å²) in [4.78, 5) is 16.0. The van der Waals surface area contributed by atoms with Crippen molar-refractivity contribution < 1.29 is 4.79 Å². The fourth-order valence-electron chi connectivity index (χ4n) is 2.12. The Morgan fingerprint density at radius 2 is 2.10 bits per heavy atom. The van der Waals surface area contributed by atoms with E-state index in [-0.39, 0.29) is 11.9 Å². The van der Waals surface area contributed by atoms with Crippen LogP contribution in [0, 0.1) is 5.92 Å². The molecule has 0 fully saturated rings. The van der Waals surface area contributed by atoms with Gasteiger partial charge in [0.15, 0.2) is 0 Å². The number of carbonyl (C=O) groups is 1. The third-order valence-corrected chi connectivity index (χ3v) is 3.32. The second-order valence-corrected chi connectivity index (χ2v) is 5.91. The first-order valence-corrected chi connectivity index (χ1v) is 7.44. The lowest BCUT2D eigenvalue weighted by atomic mass is 10.0. The van der Waals surface area contributed by atoms with Crippen LogP contribution in [0.2, 0.25) is 0 Å². The number of nitrogens with zero attached hydrogens (tertiary/aromatic N) is 1. The van der Waals surface area contributed by atoms with E-state index in [9.17, 15) is 4.79 Å². The molecule has 2 unspecified atom stereocenters. The van der Waals surface area contributed by atoms with Gasteiger partial charge in [-0.1, -0.05) is 32.8 Å². The summed E-state index contributed by atoms with van der Waals surface area (Å²) in [5, 5.41) is 2.99. The standard InChI is InChI=1S/C16H27N3O/c1-12(2)6-4-7-13(3)19-16(20)15(17)10-14-8-5-9-18-11-14/h5,8-9,11-13,15H,4,6-7,10,17H2,1-3H3,(H,19,20). The van der Waals surface area contributed by atoms with Crippen molar-refractivity contribution in [3.63, 3.8) is 0 Å². The Labute approximate surface area is 122 Å². The van der Waals surface area contributed by atoms with Gasteiger partial charge in [-0.3, -0.25) is 9.78 Å². The van der Waals surface area contributed by atoms with Gasteiger partial charge in [0.05, 0.1) is 6.04 Å². The summed E-state index contributed by atoms with van der Waals surface area (Å²) in [6.07, 6.45) is 7.33. The fourth-order valence-corrected chi connectivity index (χ4v) is 2.12. The van der Waals surface area contributed by atoms with Crippen molar-refractivity contribution >= 4 is 5.91 Å². The molecule has 20 heavy (non-hydrogen) atoms. The van der Waals surface area contributed by atoms with E-state index in [1.165, 1.54) is 6.42 Å². The molecule has 3 N–H and O–H groups in total. The van der Waals surface area contributed by atoms with Crippen LogP contribution in [0.5, 0.6) is 0 Å². The highest BCUT2D eigenvalue weighted by molar-refractivity contribution is 5.82. The number of pyridine rings is 1. The van der Waals surface area contributed by atoms with Crippen molar-refractivity contribution in [2.75, 3.05) is 0 Å². The van der Waals surface area contributed by atoms with Crippen molar-refractivity contribution in [2.45, 2.75) is 58.5 Å². The van der Waals surface area contributed by atoms with Crippen LogP contribution in [0.3, 0.4) is 0 Å². The third-order valence-electron chi connectivity index (χ3n) is 3.32. The van der Waals surface area contributed by atoms with Crippen LogP contribution in [0.15, 0.2) is 24.5 Å². The lowest BCUT2D eigenvalue weighted by Crippen LogP contribution is -2.45. The molecule has 0 saturated heterocycles. The minimum absolute atomic E-state index is 0.0779. The van der Waals surface area contributed by atoms with E-state index in [0.717, 1.165) is 18.4 Å². The van der Waals surface area contributed by atoms with Crippen LogP contribution >= 0.6 is 0 Å². The van der Waals surface area contributed by atoms with Gasteiger partial charge in [-0.2, -0.15) is 0 Å². The molecule has 112 valence electrons. The Balaban J connectivity index is 2.30. The molecule has 0 spiro atoms. The molecular weight excluding hydrogens is 250 g/mol. The first-order chi connectivity index (χ1) is 9.49. The van der Waals surface area contributed by atoms with Crippen LogP contribution in [0.25, 0.3) is 0 Å². The van der Waals surface area contributed by atoms with E-state index in [4.69, 9.17) is 5.73 Å². The molecule has 2 atom stereocenters. The van der Waals surface area contributed by atoms with E-state index < -0.39 is 6.04 Å². The fraction of sp³-hybridized carbons (Fsp3) is 0.625. The van der Waals surface area contributed by atoms with Gasteiger partial charge < -0.3 is 11.1 Å². The highest BCUT2D eigenvalue weighted by atomic mass is 16.2. The number of amides is 1. The molecule has 1 amide bonds. The number of hydrogen-bond donors (Lipinski definition) is 2. The molecule has 0 aliphatic rings. The van der Waals surface area contributed by atoms with E-state index in [1.54, 1.807) is 12.4 Å². The molecule has 4 heteroatoms. The first-order valence-electron chi connectivity index (χ1n) is 7.44. The monoisotopic (exact) mass is 277 g/mol. The number of aromatic nitrogens is 1. The normalized spacial score (nSPS) is 14.1. The second kappa shape index (κ2) is 8.69. The van der Waals surface area contributed by atoms with Crippen LogP contribution in [0.1, 0.15) is 45.6 Å². The van der Waals surface area contributed by atoms with Gasteiger partial charge in [0.1, 0.15) is 0 Å². The molecule has 4 nitrogen and oxygen atoms in total. The molecular formula is C16H27N3O. The zero-order valence-electron chi connectivity index (χ0n) is 12.8. The molecule has 0 aliphatic heterocycles. The summed E-state index contributed by atoms with van der Waals surface area (Å²) in [6, 6.07) is 3.47. The summed E-state index contributed by atoms with van der Waals surface area (Å²) in [7, 11) is 0. The van der Waals surface area contributed by atoms with Crippen molar-refractivity contribution in [1.29, 1.82) is 0 Å². The Morgan fingerprint density at radius 3 is 2.70 bits per heavy atom. The molecule has 1 aromatic heterocycles. The van der Waals surface area contributed by atoms with Crippen LogP contribution < -0.4 is 11.1 Å². The summed E-state index contributed by atoms with van der Waals surface area (Å²) < 4.78 is 0. The summed E-state index contributed by atoms with van der Waals surface area (Å²) in [5.74, 6) is 0.636. The Morgan fingerprint density at radius 1 is 1.35 bits per heavy atom. The van der Waals surface area contributed by atoms with Crippen molar-refractivity contribution in [3.05, 3.63) is 30.1 Å². The predicted octanol–water partition coefficient (Wildman–Crippen LogP) is 2.28. The summed E-state index contributed by atoms with van der Waals surface area (Å²) in [6.45, 7) is 6.47. The molecule has 0 saturated carbocycles. The maximum absolute atomic E-state index is 12.0. The molecule has 0 aliphatic carbocycles. The lowest BCUT2D eigenvalue weighted by Gasteiger charge is -2.18. The lowest BCUT2D eigenvalue weighted by molar-refractivity contribution is -0.123. The average molecular weight is 277 g/mol. The molecule has 0 aromatic carbocycles. The van der Waals surface area contributed by atoms with E-state index in [0.29, 0.717) is 12.3 Å². The molecule has 1 heterocycles. The minimum Gasteiger partial charge on any atom is -0.352 e. The van der Waals surface area contributed by atoms with E-state index >= 15 is 0 Å². The minimum atomic E-state index is -0.508. The smallest absolute Gasteiger partial charge is 0.237 e. The Hall–Kier alpha value is -1.42. The number of rotatable bonds is 8. The van der Waals surface area contributed by atoms with Crippen molar-refractivity contribution in [1.82, 2.24) is 10.3 Å². The average Bonchev–Trinajstić information content (AvgIpc) is 2.39. The first kappa shape index (κ1) is 16.6. The van der Waals surface area contributed by atoms with Crippen LogP contribution in [-0.2, 0) is 11.2 Å². The van der Waals surface area contributed by atoms with Gasteiger partial charge in [-0.15, -0.1) is 0 Å². The van der Waals surface area contributed by atoms with Gasteiger partial charge in [0, 0.05) is 18.4 Å². The molecule has 0 bridgehead atoms. The van der Waals surface area contributed by atoms with Gasteiger partial charge in [-0.25, -0.2) is 0 Å². The van der Waals surface area contributed by atoms with Crippen molar-refractivity contribution in [2.24, 2.45) is 11.7 Å². The zero-order valence-corrected chi connectivity index (χ0v) is 12.8. The number of hydrogen-bond acceptors (Lipinski definition) is 3. The van der Waals surface area contributed by atoms with Gasteiger partial charge >= 0.3 is 0 Å². The molecule has 1 aromatic rings. The van der Waals surface area contributed by atoms with Crippen LogP contribution in [0.4, 0.5) is 0 Å². The van der Waals surface area contributed by atoms with E-state index in [1.807, 2.05) is 19.1 Å². The zero-order chi connectivity index (χ0) is 15.0. The topological polar surface area (TPSA) is 68.0 Å². The number of carbonyl (C=O) groups excluding carboxylic acids is 1. The Kier molecular flexibility index (Phi) is 7.23. The second-order valence-electron chi connectivity index (χ2n) is 5.91. The largest absolute Gasteiger partial charge is 0.352 e. The van der Waals surface area contributed by atoms with Crippen LogP contribution in [-0.4, -0.2) is 23.0 Å². The van der Waals surface area contributed by atoms with Crippen molar-refractivity contribution in [3.8, 4) is 0 Å². The number of nitrogens with one attached hydrogen (secondary N) is 1. The van der Waals surface area contributed by atoms with E-state index in [2.05, 4.69) is 24.1 Å². The SMILES string of the molecule is CC(C)CCCC(C)NC(=O)C(N)Cc1cccnc1. The molecule has 1 rings (SSSR count). The predicted molar refractivity (Wildman–Crippen MR) is 82.2 cm³/mol. The highest BCUT2D eigenvalue weighted by Crippen LogP contribution is 2.08. The molecule has 0 radical (unpaired) electrons. The maximum Gasteiger partial charge on any atom is 0.237 e. The number of nitrogens with two attached hydrogens (primary N) is 1.